The number of hydrogen-bond acceptors (Lipinski definition) is 6. The number of phenols is 2. The van der Waals surface area contributed by atoms with E-state index in [-0.39, 0.29) is 17.4 Å². The van der Waals surface area contributed by atoms with Crippen LogP contribution >= 0.6 is 0 Å². The van der Waals surface area contributed by atoms with Gasteiger partial charge in [-0.15, -0.1) is 0 Å². The molecule has 32 heavy (non-hydrogen) atoms. The predicted molar refractivity (Wildman–Crippen MR) is 120 cm³/mol. The van der Waals surface area contributed by atoms with Gasteiger partial charge in [-0.05, 0) is 48.4 Å². The monoisotopic (exact) mass is 427 g/mol. The van der Waals surface area contributed by atoms with Crippen molar-refractivity contribution in [3.8, 4) is 28.6 Å². The Morgan fingerprint density at radius 1 is 1.00 bits per heavy atom. The van der Waals surface area contributed by atoms with E-state index in [0.717, 1.165) is 16.9 Å². The Balaban J connectivity index is 1.55. The van der Waals surface area contributed by atoms with Crippen LogP contribution in [0, 0.1) is 0 Å². The molecule has 1 aliphatic rings. The van der Waals surface area contributed by atoms with Crippen LogP contribution in [0.5, 0.6) is 17.2 Å². The van der Waals surface area contributed by atoms with Gasteiger partial charge in [0.1, 0.15) is 11.4 Å². The molecule has 0 radical (unpaired) electrons. The van der Waals surface area contributed by atoms with E-state index in [1.807, 2.05) is 48.5 Å². The average molecular weight is 427 g/mol. The number of rotatable bonds is 3. The van der Waals surface area contributed by atoms with Gasteiger partial charge >= 0.3 is 0 Å². The van der Waals surface area contributed by atoms with E-state index in [1.165, 1.54) is 6.07 Å². The van der Waals surface area contributed by atoms with Crippen LogP contribution in [0.4, 0.5) is 0 Å². The predicted octanol–water partition coefficient (Wildman–Crippen LogP) is 3.92. The molecule has 0 spiro atoms. The lowest BCUT2D eigenvalue weighted by Crippen LogP contribution is -2.36. The van der Waals surface area contributed by atoms with Crippen molar-refractivity contribution in [2.75, 3.05) is 13.7 Å². The summed E-state index contributed by atoms with van der Waals surface area (Å²) >= 11 is 0. The molecule has 2 N–H and O–H groups in total. The Morgan fingerprint density at radius 3 is 2.56 bits per heavy atom. The summed E-state index contributed by atoms with van der Waals surface area (Å²) in [6.45, 7) is 0.747. The van der Waals surface area contributed by atoms with Crippen molar-refractivity contribution in [1.29, 1.82) is 0 Å². The van der Waals surface area contributed by atoms with E-state index in [2.05, 4.69) is 9.97 Å². The molecule has 160 valence electrons. The van der Waals surface area contributed by atoms with E-state index in [4.69, 9.17) is 4.74 Å². The molecule has 0 atom stereocenters. The molecular formula is C25H21N3O4. The first-order valence-corrected chi connectivity index (χ1v) is 10.3. The average Bonchev–Trinajstić information content (AvgIpc) is 2.85. The molecule has 3 aromatic carbocycles. The van der Waals surface area contributed by atoms with Gasteiger partial charge in [0.15, 0.2) is 17.3 Å². The maximum absolute atomic E-state index is 13.6. The van der Waals surface area contributed by atoms with E-state index in [1.54, 1.807) is 18.1 Å². The number of ether oxygens (including phenoxy) is 1. The van der Waals surface area contributed by atoms with E-state index in [0.29, 0.717) is 47.5 Å². The fourth-order valence-electron chi connectivity index (χ4n) is 4.06. The number of nitrogens with zero attached hydrogens (tertiary/aromatic N) is 3. The number of aromatic hydroxyl groups is 2. The van der Waals surface area contributed by atoms with Crippen molar-refractivity contribution < 1.29 is 19.7 Å². The van der Waals surface area contributed by atoms with Crippen molar-refractivity contribution in [1.82, 2.24) is 14.9 Å². The Labute approximate surface area is 184 Å². The van der Waals surface area contributed by atoms with Crippen molar-refractivity contribution >= 4 is 16.8 Å². The van der Waals surface area contributed by atoms with E-state index < -0.39 is 0 Å². The third-order valence-corrected chi connectivity index (χ3v) is 5.79. The summed E-state index contributed by atoms with van der Waals surface area (Å²) in [5, 5.41) is 20.6. The van der Waals surface area contributed by atoms with Crippen LogP contribution in [0.15, 0.2) is 60.7 Å². The number of amides is 1. The standard InChI is InChI=1S/C25H21N3O4/c1-32-17-9-6-15(7-10-17)24-26-20-5-3-2-4-19(20)22(27-24)25(31)28-13-12-18-16(14-28)8-11-21(29)23(18)30/h2-11,29-30H,12-14H2,1H3. The fourth-order valence-corrected chi connectivity index (χ4v) is 4.06. The van der Waals surface area contributed by atoms with Crippen LogP contribution in [-0.4, -0.2) is 44.6 Å². The number of carbonyl (C=O) groups excluding carboxylic acids is 1. The highest BCUT2D eigenvalue weighted by Crippen LogP contribution is 2.35. The van der Waals surface area contributed by atoms with Gasteiger partial charge in [-0.3, -0.25) is 4.79 Å². The molecule has 7 nitrogen and oxygen atoms in total. The smallest absolute Gasteiger partial charge is 0.273 e. The molecule has 2 heterocycles. The SMILES string of the molecule is COc1ccc(-c2nc(C(=O)N3CCc4c(ccc(O)c4O)C3)c3ccccc3n2)cc1. The van der Waals surface area contributed by atoms with Crippen molar-refractivity contribution in [3.05, 3.63) is 77.5 Å². The van der Waals surface area contributed by atoms with Crippen molar-refractivity contribution in [3.63, 3.8) is 0 Å². The molecule has 1 aromatic heterocycles. The number of methoxy groups -OCH3 is 1. The number of carbonyl (C=O) groups is 1. The maximum atomic E-state index is 13.6. The molecule has 0 unspecified atom stereocenters. The first-order valence-electron chi connectivity index (χ1n) is 10.3. The van der Waals surface area contributed by atoms with Crippen LogP contribution in [0.3, 0.4) is 0 Å². The van der Waals surface area contributed by atoms with Gasteiger partial charge < -0.3 is 19.8 Å². The quantitative estimate of drug-likeness (QED) is 0.481. The third-order valence-electron chi connectivity index (χ3n) is 5.79. The molecule has 0 aliphatic carbocycles. The highest BCUT2D eigenvalue weighted by Gasteiger charge is 2.27. The molecule has 0 saturated carbocycles. The van der Waals surface area contributed by atoms with Crippen LogP contribution in [0.25, 0.3) is 22.3 Å². The molecule has 0 fully saturated rings. The van der Waals surface area contributed by atoms with Gasteiger partial charge in [0, 0.05) is 29.6 Å². The minimum atomic E-state index is -0.198. The molecule has 1 amide bonds. The number of hydrogen-bond donors (Lipinski definition) is 2. The molecule has 1 aliphatic heterocycles. The Bertz CT molecular complexity index is 1340. The summed E-state index contributed by atoms with van der Waals surface area (Å²) < 4.78 is 5.23. The Kier molecular flexibility index (Phi) is 4.86. The van der Waals surface area contributed by atoms with Crippen LogP contribution < -0.4 is 4.74 Å². The third kappa shape index (κ3) is 3.37. The maximum Gasteiger partial charge on any atom is 0.273 e. The van der Waals surface area contributed by atoms with Crippen molar-refractivity contribution in [2.24, 2.45) is 0 Å². The lowest BCUT2D eigenvalue weighted by molar-refractivity contribution is 0.0730. The molecule has 4 aromatic rings. The van der Waals surface area contributed by atoms with Crippen LogP contribution in [-0.2, 0) is 13.0 Å². The lowest BCUT2D eigenvalue weighted by Gasteiger charge is -2.29. The number of fused-ring (bicyclic) bond motifs is 2. The van der Waals surface area contributed by atoms with Gasteiger partial charge in [-0.2, -0.15) is 0 Å². The van der Waals surface area contributed by atoms with Gasteiger partial charge in [0.2, 0.25) is 0 Å². The van der Waals surface area contributed by atoms with Gasteiger partial charge in [0.05, 0.1) is 12.6 Å². The zero-order chi connectivity index (χ0) is 22.2. The zero-order valence-electron chi connectivity index (χ0n) is 17.4. The minimum absolute atomic E-state index is 0.108. The van der Waals surface area contributed by atoms with Gasteiger partial charge in [0.25, 0.3) is 5.91 Å². The summed E-state index contributed by atoms with van der Waals surface area (Å²) in [4.78, 5) is 24.6. The molecular weight excluding hydrogens is 406 g/mol. The summed E-state index contributed by atoms with van der Waals surface area (Å²) in [5.74, 6) is 0.747. The summed E-state index contributed by atoms with van der Waals surface area (Å²) in [6, 6.07) is 18.0. The number of para-hydroxylation sites is 1. The summed E-state index contributed by atoms with van der Waals surface area (Å²) in [6.07, 6.45) is 0.454. The normalized spacial score (nSPS) is 13.1. The topological polar surface area (TPSA) is 95.8 Å². The lowest BCUT2D eigenvalue weighted by atomic mass is 9.97. The fraction of sp³-hybridized carbons (Fsp3) is 0.160. The Hall–Kier alpha value is -4.13. The first-order chi connectivity index (χ1) is 15.5. The molecule has 5 rings (SSSR count). The number of aromatic nitrogens is 2. The van der Waals surface area contributed by atoms with Gasteiger partial charge in [-0.25, -0.2) is 9.97 Å². The second-order valence-corrected chi connectivity index (χ2v) is 7.69. The van der Waals surface area contributed by atoms with Crippen molar-refractivity contribution in [2.45, 2.75) is 13.0 Å². The highest BCUT2D eigenvalue weighted by molar-refractivity contribution is 6.05. The first kappa shape index (κ1) is 19.8. The molecule has 0 saturated heterocycles. The summed E-state index contributed by atoms with van der Waals surface area (Å²) in [5.41, 5.74) is 3.31. The largest absolute Gasteiger partial charge is 0.504 e. The second kappa shape index (κ2) is 7.85. The van der Waals surface area contributed by atoms with E-state index in [9.17, 15) is 15.0 Å². The molecule has 0 bridgehead atoms. The minimum Gasteiger partial charge on any atom is -0.504 e. The zero-order valence-corrected chi connectivity index (χ0v) is 17.4. The second-order valence-electron chi connectivity index (χ2n) is 7.69. The summed E-state index contributed by atoms with van der Waals surface area (Å²) in [7, 11) is 1.61. The number of benzene rings is 3. The Morgan fingerprint density at radius 2 is 1.78 bits per heavy atom. The number of phenolic OH excluding ortho intramolecular Hbond substituents is 2. The van der Waals surface area contributed by atoms with E-state index >= 15 is 0 Å². The molecule has 7 heteroatoms. The highest BCUT2D eigenvalue weighted by atomic mass is 16.5. The van der Waals surface area contributed by atoms with Crippen LogP contribution in [0.2, 0.25) is 0 Å². The van der Waals surface area contributed by atoms with Gasteiger partial charge in [-0.1, -0.05) is 24.3 Å². The van der Waals surface area contributed by atoms with Crippen LogP contribution in [0.1, 0.15) is 21.6 Å².